The minimum absolute atomic E-state index is 0.0963. The van der Waals surface area contributed by atoms with Crippen LogP contribution in [-0.2, 0) is 0 Å². The van der Waals surface area contributed by atoms with Crippen molar-refractivity contribution in [3.05, 3.63) is 51.4 Å². The molecule has 1 fully saturated rings. The van der Waals surface area contributed by atoms with Crippen molar-refractivity contribution in [1.29, 1.82) is 0 Å². The first-order valence-corrected chi connectivity index (χ1v) is 8.38. The summed E-state index contributed by atoms with van der Waals surface area (Å²) in [7, 11) is 0. The van der Waals surface area contributed by atoms with Crippen LogP contribution in [0.1, 0.15) is 23.8 Å². The lowest BCUT2D eigenvalue weighted by atomic mass is 10.2. The Hall–Kier alpha value is -1.17. The predicted molar refractivity (Wildman–Crippen MR) is 90.6 cm³/mol. The van der Waals surface area contributed by atoms with Gasteiger partial charge in [0.2, 0.25) is 0 Å². The molecule has 1 atom stereocenters. The highest BCUT2D eigenvalue weighted by Crippen LogP contribution is 2.35. The smallest absolute Gasteiger partial charge is 0.173 e. The van der Waals surface area contributed by atoms with Gasteiger partial charge < -0.3 is 10.2 Å². The van der Waals surface area contributed by atoms with Crippen LogP contribution < -0.4 is 5.32 Å². The third-order valence-electron chi connectivity index (χ3n) is 3.56. The van der Waals surface area contributed by atoms with E-state index in [9.17, 15) is 4.39 Å². The zero-order chi connectivity index (χ0) is 14.8. The first-order chi connectivity index (χ1) is 10.1. The number of thiocarbonyl (C=S) groups is 1. The third-order valence-corrected chi connectivity index (χ3v) is 5.16. The summed E-state index contributed by atoms with van der Waals surface area (Å²) in [5.41, 5.74) is 0.711. The van der Waals surface area contributed by atoms with Crippen molar-refractivity contribution in [2.45, 2.75) is 18.9 Å². The predicted octanol–water partition coefficient (Wildman–Crippen LogP) is 5.07. The number of halogens is 2. The van der Waals surface area contributed by atoms with Crippen molar-refractivity contribution >= 4 is 46.0 Å². The van der Waals surface area contributed by atoms with E-state index in [4.69, 9.17) is 23.8 Å². The SMILES string of the molecule is Fc1ccc(NC(=S)N2CCC[C@@H]2c2cccs2)cc1Cl. The van der Waals surface area contributed by atoms with E-state index in [0.29, 0.717) is 16.8 Å². The Morgan fingerprint density at radius 3 is 3.00 bits per heavy atom. The number of rotatable bonds is 2. The minimum Gasteiger partial charge on any atom is -0.341 e. The molecule has 1 N–H and O–H groups in total. The van der Waals surface area contributed by atoms with Crippen molar-refractivity contribution in [1.82, 2.24) is 4.90 Å². The molecule has 0 unspecified atom stereocenters. The van der Waals surface area contributed by atoms with Crippen LogP contribution in [0, 0.1) is 5.82 Å². The quantitative estimate of drug-likeness (QED) is 0.768. The van der Waals surface area contributed by atoms with Gasteiger partial charge in [0, 0.05) is 17.1 Å². The molecule has 21 heavy (non-hydrogen) atoms. The monoisotopic (exact) mass is 340 g/mol. The number of anilines is 1. The standard InChI is InChI=1S/C15H14ClFN2S2/c16-11-9-10(5-6-12(11)17)18-15(20)19-7-1-3-13(19)14-4-2-8-21-14/h2,4-6,8-9,13H,1,3,7H2,(H,18,20)/t13-/m1/s1. The van der Waals surface area contributed by atoms with Gasteiger partial charge in [-0.25, -0.2) is 4.39 Å². The molecule has 0 amide bonds. The zero-order valence-corrected chi connectivity index (χ0v) is 13.6. The van der Waals surface area contributed by atoms with Crippen LogP contribution in [0.15, 0.2) is 35.7 Å². The molecule has 0 radical (unpaired) electrons. The van der Waals surface area contributed by atoms with Gasteiger partial charge in [-0.2, -0.15) is 0 Å². The fourth-order valence-corrected chi connectivity index (χ4v) is 3.95. The van der Waals surface area contributed by atoms with Gasteiger partial charge in [-0.1, -0.05) is 17.7 Å². The van der Waals surface area contributed by atoms with E-state index in [2.05, 4.69) is 27.7 Å². The number of nitrogens with one attached hydrogen (secondary N) is 1. The zero-order valence-electron chi connectivity index (χ0n) is 11.2. The molecule has 0 aliphatic carbocycles. The molecule has 6 heteroatoms. The summed E-state index contributed by atoms with van der Waals surface area (Å²) in [5, 5.41) is 6.00. The highest BCUT2D eigenvalue weighted by molar-refractivity contribution is 7.80. The Morgan fingerprint density at radius 1 is 1.43 bits per heavy atom. The van der Waals surface area contributed by atoms with E-state index < -0.39 is 5.82 Å². The Labute approximate surface area is 137 Å². The van der Waals surface area contributed by atoms with Gasteiger partial charge in [-0.15, -0.1) is 11.3 Å². The molecule has 0 spiro atoms. The lowest BCUT2D eigenvalue weighted by Crippen LogP contribution is -2.33. The molecule has 1 aromatic carbocycles. The first kappa shape index (κ1) is 14.8. The van der Waals surface area contributed by atoms with Crippen molar-refractivity contribution < 1.29 is 4.39 Å². The number of likely N-dealkylation sites (tertiary alicyclic amines) is 1. The average Bonchev–Trinajstić information content (AvgIpc) is 3.12. The maximum absolute atomic E-state index is 13.2. The van der Waals surface area contributed by atoms with Crippen LogP contribution in [0.3, 0.4) is 0 Å². The number of hydrogen-bond acceptors (Lipinski definition) is 2. The van der Waals surface area contributed by atoms with Gasteiger partial charge in [-0.05, 0) is 54.7 Å². The van der Waals surface area contributed by atoms with Crippen LogP contribution in [0.5, 0.6) is 0 Å². The summed E-state index contributed by atoms with van der Waals surface area (Å²) in [6, 6.07) is 9.08. The van der Waals surface area contributed by atoms with Gasteiger partial charge in [0.1, 0.15) is 5.82 Å². The highest BCUT2D eigenvalue weighted by Gasteiger charge is 2.28. The Kier molecular flexibility index (Phi) is 4.42. The molecule has 1 saturated heterocycles. The summed E-state index contributed by atoms with van der Waals surface area (Å²) in [4.78, 5) is 3.52. The number of benzene rings is 1. The normalized spacial score (nSPS) is 18.0. The molecule has 1 aliphatic rings. The molecular weight excluding hydrogens is 327 g/mol. The minimum atomic E-state index is -0.425. The van der Waals surface area contributed by atoms with Crippen LogP contribution in [0.4, 0.5) is 10.1 Å². The van der Waals surface area contributed by atoms with Crippen LogP contribution in [0.25, 0.3) is 0 Å². The molecule has 2 aromatic rings. The lowest BCUT2D eigenvalue weighted by Gasteiger charge is -2.27. The highest BCUT2D eigenvalue weighted by atomic mass is 35.5. The lowest BCUT2D eigenvalue weighted by molar-refractivity contribution is 0.412. The molecule has 2 heterocycles. The van der Waals surface area contributed by atoms with Gasteiger partial charge >= 0.3 is 0 Å². The van der Waals surface area contributed by atoms with Crippen LogP contribution in [0.2, 0.25) is 5.02 Å². The largest absolute Gasteiger partial charge is 0.341 e. The first-order valence-electron chi connectivity index (χ1n) is 6.71. The van der Waals surface area contributed by atoms with Gasteiger partial charge in [0.25, 0.3) is 0 Å². The summed E-state index contributed by atoms with van der Waals surface area (Å²) >= 11 is 13.1. The molecule has 110 valence electrons. The Bertz CT molecular complexity index is 645. The number of nitrogens with zero attached hydrogens (tertiary/aromatic N) is 1. The van der Waals surface area contributed by atoms with E-state index in [1.807, 2.05) is 0 Å². The second-order valence-corrected chi connectivity index (χ2v) is 6.70. The maximum atomic E-state index is 13.2. The van der Waals surface area contributed by atoms with E-state index in [-0.39, 0.29) is 5.02 Å². The van der Waals surface area contributed by atoms with E-state index >= 15 is 0 Å². The summed E-state index contributed by atoms with van der Waals surface area (Å²) < 4.78 is 13.2. The second-order valence-electron chi connectivity index (χ2n) is 4.93. The van der Waals surface area contributed by atoms with Crippen molar-refractivity contribution in [2.75, 3.05) is 11.9 Å². The molecule has 0 bridgehead atoms. The van der Waals surface area contributed by atoms with Gasteiger partial charge in [0.05, 0.1) is 11.1 Å². The summed E-state index contributed by atoms with van der Waals surface area (Å²) in [5.74, 6) is -0.425. The van der Waals surface area contributed by atoms with Gasteiger partial charge in [-0.3, -0.25) is 0 Å². The van der Waals surface area contributed by atoms with Crippen LogP contribution in [-0.4, -0.2) is 16.6 Å². The fraction of sp³-hybridized carbons (Fsp3) is 0.267. The Morgan fingerprint density at radius 2 is 2.29 bits per heavy atom. The second kappa shape index (κ2) is 6.30. The van der Waals surface area contributed by atoms with Crippen molar-refractivity contribution in [3.63, 3.8) is 0 Å². The molecule has 3 rings (SSSR count). The van der Waals surface area contributed by atoms with Gasteiger partial charge in [0.15, 0.2) is 5.11 Å². The topological polar surface area (TPSA) is 15.3 Å². The summed E-state index contributed by atoms with van der Waals surface area (Å²) in [6.45, 7) is 0.934. The maximum Gasteiger partial charge on any atom is 0.173 e. The molecule has 1 aliphatic heterocycles. The van der Waals surface area contributed by atoms with Crippen molar-refractivity contribution in [3.8, 4) is 0 Å². The van der Waals surface area contributed by atoms with E-state index in [1.54, 1.807) is 23.5 Å². The molecule has 2 nitrogen and oxygen atoms in total. The molecular formula is C15H14ClFN2S2. The Balaban J connectivity index is 1.73. The number of hydrogen-bond donors (Lipinski definition) is 1. The number of thiophene rings is 1. The fourth-order valence-electron chi connectivity index (χ4n) is 2.56. The summed E-state index contributed by atoms with van der Waals surface area (Å²) in [6.07, 6.45) is 2.22. The molecule has 1 aromatic heterocycles. The third kappa shape index (κ3) is 3.20. The van der Waals surface area contributed by atoms with E-state index in [0.717, 1.165) is 19.4 Å². The van der Waals surface area contributed by atoms with E-state index in [1.165, 1.54) is 10.9 Å². The van der Waals surface area contributed by atoms with Crippen molar-refractivity contribution in [2.24, 2.45) is 0 Å². The van der Waals surface area contributed by atoms with Crippen LogP contribution >= 0.6 is 35.2 Å². The average molecular weight is 341 g/mol. The molecule has 0 saturated carbocycles.